The Bertz CT molecular complexity index is 335. The fourth-order valence-corrected chi connectivity index (χ4v) is 2.49. The summed E-state index contributed by atoms with van der Waals surface area (Å²) in [7, 11) is 0. The summed E-state index contributed by atoms with van der Waals surface area (Å²) in [5.41, 5.74) is -1.25. The second kappa shape index (κ2) is 6.75. The molecule has 0 aromatic rings. The summed E-state index contributed by atoms with van der Waals surface area (Å²) < 4.78 is 0. The van der Waals surface area contributed by atoms with Crippen molar-refractivity contribution in [3.63, 3.8) is 0 Å². The molecule has 1 aliphatic rings. The monoisotopic (exact) mass is 272 g/mol. The van der Waals surface area contributed by atoms with Crippen LogP contribution in [0.4, 0.5) is 4.79 Å². The lowest BCUT2D eigenvalue weighted by Gasteiger charge is -2.37. The maximum absolute atomic E-state index is 12.2. The summed E-state index contributed by atoms with van der Waals surface area (Å²) in [6.45, 7) is 3.89. The highest BCUT2D eigenvalue weighted by Gasteiger charge is 2.36. The maximum Gasteiger partial charge on any atom is 0.329 e. The number of hydrogen-bond donors (Lipinski definition) is 3. The van der Waals surface area contributed by atoms with Crippen molar-refractivity contribution in [2.24, 2.45) is 0 Å². The van der Waals surface area contributed by atoms with Gasteiger partial charge in [-0.2, -0.15) is 0 Å². The SMILES string of the molecule is CCCC(C)(NC(=O)N1CCCCC1CO)C(=O)O. The first-order valence-electron chi connectivity index (χ1n) is 6.87. The lowest BCUT2D eigenvalue weighted by Crippen LogP contribution is -2.59. The molecule has 110 valence electrons. The Labute approximate surface area is 113 Å². The second-order valence-electron chi connectivity index (χ2n) is 5.34. The molecule has 6 heteroatoms. The van der Waals surface area contributed by atoms with Gasteiger partial charge in [0.05, 0.1) is 12.6 Å². The summed E-state index contributed by atoms with van der Waals surface area (Å²) in [6.07, 6.45) is 3.70. The van der Waals surface area contributed by atoms with E-state index < -0.39 is 17.5 Å². The summed E-state index contributed by atoms with van der Waals surface area (Å²) in [6, 6.07) is -0.592. The van der Waals surface area contributed by atoms with Crippen molar-refractivity contribution >= 4 is 12.0 Å². The topological polar surface area (TPSA) is 89.9 Å². The average Bonchev–Trinajstić information content (AvgIpc) is 2.38. The molecule has 0 spiro atoms. The van der Waals surface area contributed by atoms with E-state index in [1.54, 1.807) is 4.90 Å². The molecule has 2 amide bonds. The molecule has 2 unspecified atom stereocenters. The number of hydrogen-bond acceptors (Lipinski definition) is 3. The molecule has 0 bridgehead atoms. The number of carbonyl (C=O) groups is 2. The number of nitrogens with zero attached hydrogens (tertiary/aromatic N) is 1. The van der Waals surface area contributed by atoms with E-state index in [-0.39, 0.29) is 12.6 Å². The molecule has 1 rings (SSSR count). The van der Waals surface area contributed by atoms with Crippen LogP contribution in [0.15, 0.2) is 0 Å². The van der Waals surface area contributed by atoms with Crippen LogP contribution < -0.4 is 5.32 Å². The molecule has 1 heterocycles. The normalized spacial score (nSPS) is 22.7. The molecule has 0 saturated carbocycles. The van der Waals surface area contributed by atoms with Crippen LogP contribution in [0, 0.1) is 0 Å². The quantitative estimate of drug-likeness (QED) is 0.701. The molecule has 19 heavy (non-hydrogen) atoms. The van der Waals surface area contributed by atoms with Crippen molar-refractivity contribution in [1.29, 1.82) is 0 Å². The minimum atomic E-state index is -1.25. The Kier molecular flexibility index (Phi) is 5.60. The predicted molar refractivity (Wildman–Crippen MR) is 70.9 cm³/mol. The highest BCUT2D eigenvalue weighted by Crippen LogP contribution is 2.19. The van der Waals surface area contributed by atoms with Gasteiger partial charge in [0.15, 0.2) is 0 Å². The van der Waals surface area contributed by atoms with Crippen molar-refractivity contribution in [3.05, 3.63) is 0 Å². The van der Waals surface area contributed by atoms with Crippen molar-refractivity contribution in [1.82, 2.24) is 10.2 Å². The van der Waals surface area contributed by atoms with Gasteiger partial charge < -0.3 is 20.4 Å². The number of aliphatic carboxylic acids is 1. The summed E-state index contributed by atoms with van der Waals surface area (Å²) in [5.74, 6) is -1.03. The van der Waals surface area contributed by atoms with Gasteiger partial charge in [0, 0.05) is 6.54 Å². The number of nitrogens with one attached hydrogen (secondary N) is 1. The Morgan fingerprint density at radius 2 is 2.11 bits per heavy atom. The van der Waals surface area contributed by atoms with Crippen LogP contribution in [0.1, 0.15) is 46.0 Å². The van der Waals surface area contributed by atoms with E-state index in [4.69, 9.17) is 0 Å². The second-order valence-corrected chi connectivity index (χ2v) is 5.34. The van der Waals surface area contributed by atoms with Crippen molar-refractivity contribution in [2.75, 3.05) is 13.2 Å². The smallest absolute Gasteiger partial charge is 0.329 e. The third kappa shape index (κ3) is 3.83. The van der Waals surface area contributed by atoms with Crippen molar-refractivity contribution < 1.29 is 19.8 Å². The van der Waals surface area contributed by atoms with Crippen LogP contribution in [-0.4, -0.2) is 51.8 Å². The van der Waals surface area contributed by atoms with E-state index in [0.29, 0.717) is 19.4 Å². The molecule has 2 atom stereocenters. The minimum Gasteiger partial charge on any atom is -0.480 e. The van der Waals surface area contributed by atoms with Gasteiger partial charge in [-0.1, -0.05) is 13.3 Å². The zero-order valence-electron chi connectivity index (χ0n) is 11.7. The number of amides is 2. The van der Waals surface area contributed by atoms with Gasteiger partial charge in [-0.15, -0.1) is 0 Å². The van der Waals surface area contributed by atoms with Crippen LogP contribution in [0.2, 0.25) is 0 Å². The number of carboxylic acids is 1. The van der Waals surface area contributed by atoms with E-state index in [0.717, 1.165) is 19.3 Å². The van der Waals surface area contributed by atoms with Gasteiger partial charge in [-0.05, 0) is 32.6 Å². The average molecular weight is 272 g/mol. The summed E-state index contributed by atoms with van der Waals surface area (Å²) in [5, 5.41) is 21.1. The lowest BCUT2D eigenvalue weighted by molar-refractivity contribution is -0.144. The van der Waals surface area contributed by atoms with E-state index in [2.05, 4.69) is 5.32 Å². The molecule has 3 N–H and O–H groups in total. The van der Waals surface area contributed by atoms with Crippen LogP contribution in [0.3, 0.4) is 0 Å². The third-order valence-corrected chi connectivity index (χ3v) is 3.70. The Balaban J connectivity index is 2.73. The number of urea groups is 1. The van der Waals surface area contributed by atoms with Gasteiger partial charge in [0.1, 0.15) is 5.54 Å². The van der Waals surface area contributed by atoms with Crippen LogP contribution in [-0.2, 0) is 4.79 Å². The molecule has 1 saturated heterocycles. The highest BCUT2D eigenvalue weighted by atomic mass is 16.4. The van der Waals surface area contributed by atoms with Crippen LogP contribution in [0.25, 0.3) is 0 Å². The first-order valence-corrected chi connectivity index (χ1v) is 6.87. The van der Waals surface area contributed by atoms with Crippen molar-refractivity contribution in [3.8, 4) is 0 Å². The van der Waals surface area contributed by atoms with Gasteiger partial charge in [-0.3, -0.25) is 0 Å². The standard InChI is InChI=1S/C13H24N2O4/c1-3-7-13(2,11(17)18)14-12(19)15-8-5-4-6-10(15)9-16/h10,16H,3-9H2,1-2H3,(H,14,19)(H,17,18). The highest BCUT2D eigenvalue weighted by molar-refractivity contribution is 5.86. The summed E-state index contributed by atoms with van der Waals surface area (Å²) in [4.78, 5) is 25.1. The fraction of sp³-hybridized carbons (Fsp3) is 0.846. The van der Waals surface area contributed by atoms with Gasteiger partial charge in [0.2, 0.25) is 0 Å². The van der Waals surface area contributed by atoms with Crippen molar-refractivity contribution in [2.45, 2.75) is 57.5 Å². The zero-order chi connectivity index (χ0) is 14.5. The summed E-state index contributed by atoms with van der Waals surface area (Å²) >= 11 is 0. The molecule has 6 nitrogen and oxygen atoms in total. The molecule has 0 aromatic carbocycles. The molecule has 0 aliphatic carbocycles. The Morgan fingerprint density at radius 3 is 2.63 bits per heavy atom. The van der Waals surface area contributed by atoms with Gasteiger partial charge in [0.25, 0.3) is 0 Å². The third-order valence-electron chi connectivity index (χ3n) is 3.70. The number of carboxylic acid groups (broad SMARTS) is 1. The number of aliphatic hydroxyl groups is 1. The largest absolute Gasteiger partial charge is 0.480 e. The predicted octanol–water partition coefficient (Wildman–Crippen LogP) is 1.19. The minimum absolute atomic E-state index is 0.0784. The van der Waals surface area contributed by atoms with Crippen LogP contribution in [0.5, 0.6) is 0 Å². The molecule has 0 aromatic heterocycles. The van der Waals surface area contributed by atoms with E-state index in [1.807, 2.05) is 6.92 Å². The van der Waals surface area contributed by atoms with E-state index in [9.17, 15) is 19.8 Å². The van der Waals surface area contributed by atoms with Crippen LogP contribution >= 0.6 is 0 Å². The van der Waals surface area contributed by atoms with E-state index in [1.165, 1.54) is 6.92 Å². The molecular formula is C13H24N2O4. The number of likely N-dealkylation sites (tertiary alicyclic amines) is 1. The number of piperidine rings is 1. The molecular weight excluding hydrogens is 248 g/mol. The Morgan fingerprint density at radius 1 is 1.42 bits per heavy atom. The lowest BCUT2D eigenvalue weighted by atomic mass is 9.96. The molecule has 1 aliphatic heterocycles. The number of aliphatic hydroxyl groups excluding tert-OH is 1. The number of carbonyl (C=O) groups excluding carboxylic acids is 1. The Hall–Kier alpha value is -1.30. The van der Waals surface area contributed by atoms with E-state index >= 15 is 0 Å². The fourth-order valence-electron chi connectivity index (χ4n) is 2.49. The van der Waals surface area contributed by atoms with Gasteiger partial charge in [-0.25, -0.2) is 9.59 Å². The number of rotatable bonds is 5. The first kappa shape index (κ1) is 15.8. The maximum atomic E-state index is 12.2. The zero-order valence-corrected chi connectivity index (χ0v) is 11.7. The van der Waals surface area contributed by atoms with Gasteiger partial charge >= 0.3 is 12.0 Å². The molecule has 1 fully saturated rings. The molecule has 0 radical (unpaired) electrons. The first-order chi connectivity index (χ1) is 8.94.